The van der Waals surface area contributed by atoms with E-state index in [2.05, 4.69) is 24.4 Å². The maximum Gasteiger partial charge on any atom is 0.124 e. The number of hydrogen-bond donors (Lipinski definition) is 1. The summed E-state index contributed by atoms with van der Waals surface area (Å²) >= 11 is 0. The first-order valence-electron chi connectivity index (χ1n) is 7.88. The fourth-order valence-electron chi connectivity index (χ4n) is 2.88. The van der Waals surface area contributed by atoms with Crippen molar-refractivity contribution in [1.82, 2.24) is 5.32 Å². The highest BCUT2D eigenvalue weighted by atomic mass is 16.5. The molecule has 0 radical (unpaired) electrons. The fraction of sp³-hybridized carbons (Fsp3) is 0.647. The van der Waals surface area contributed by atoms with E-state index in [-0.39, 0.29) is 6.04 Å². The van der Waals surface area contributed by atoms with Crippen LogP contribution in [0.5, 0.6) is 5.75 Å². The van der Waals surface area contributed by atoms with Crippen molar-refractivity contribution in [1.29, 1.82) is 0 Å². The van der Waals surface area contributed by atoms with Gasteiger partial charge in [0, 0.05) is 31.2 Å². The van der Waals surface area contributed by atoms with Crippen LogP contribution in [0.4, 0.5) is 0 Å². The van der Waals surface area contributed by atoms with Crippen LogP contribution in [0.25, 0.3) is 0 Å². The van der Waals surface area contributed by atoms with Gasteiger partial charge in [-0.1, -0.05) is 25.1 Å². The molecule has 4 nitrogen and oxygen atoms in total. The number of methoxy groups -OCH3 is 1. The van der Waals surface area contributed by atoms with Crippen molar-refractivity contribution in [2.75, 3.05) is 40.1 Å². The molecule has 1 heterocycles. The zero-order valence-electron chi connectivity index (χ0n) is 13.1. The molecule has 2 unspecified atom stereocenters. The molecular weight excluding hydrogens is 266 g/mol. The highest BCUT2D eigenvalue weighted by Crippen LogP contribution is 2.34. The molecule has 1 fully saturated rings. The first-order valence-corrected chi connectivity index (χ1v) is 7.88. The summed E-state index contributed by atoms with van der Waals surface area (Å²) in [5.74, 6) is 1.46. The van der Waals surface area contributed by atoms with E-state index in [9.17, 15) is 0 Å². The zero-order chi connectivity index (χ0) is 14.9. The predicted octanol–water partition coefficient (Wildman–Crippen LogP) is 2.79. The summed E-state index contributed by atoms with van der Waals surface area (Å²) in [6.07, 6.45) is 2.34. The number of benzene rings is 1. The Hall–Kier alpha value is -1.10. The van der Waals surface area contributed by atoms with Gasteiger partial charge in [-0.2, -0.15) is 0 Å². The Labute approximate surface area is 127 Å². The molecule has 1 aromatic carbocycles. The molecule has 1 aliphatic rings. The van der Waals surface area contributed by atoms with E-state index in [1.165, 1.54) is 12.0 Å². The Morgan fingerprint density at radius 3 is 2.90 bits per heavy atom. The van der Waals surface area contributed by atoms with Crippen LogP contribution in [-0.2, 0) is 9.47 Å². The number of ether oxygens (including phenoxy) is 3. The summed E-state index contributed by atoms with van der Waals surface area (Å²) < 4.78 is 16.6. The largest absolute Gasteiger partial charge is 0.491 e. The predicted molar refractivity (Wildman–Crippen MR) is 83.8 cm³/mol. The van der Waals surface area contributed by atoms with Crippen molar-refractivity contribution in [2.45, 2.75) is 25.8 Å². The van der Waals surface area contributed by atoms with Crippen molar-refractivity contribution >= 4 is 0 Å². The van der Waals surface area contributed by atoms with Gasteiger partial charge in [-0.25, -0.2) is 0 Å². The van der Waals surface area contributed by atoms with E-state index in [1.807, 2.05) is 12.1 Å². The molecule has 118 valence electrons. The van der Waals surface area contributed by atoms with Gasteiger partial charge in [-0.05, 0) is 25.5 Å². The van der Waals surface area contributed by atoms with Crippen LogP contribution in [0.15, 0.2) is 24.3 Å². The highest BCUT2D eigenvalue weighted by Gasteiger charge is 2.27. The summed E-state index contributed by atoms with van der Waals surface area (Å²) in [6.45, 7) is 5.98. The van der Waals surface area contributed by atoms with Crippen molar-refractivity contribution < 1.29 is 14.2 Å². The lowest BCUT2D eigenvalue weighted by atomic mass is 9.88. The lowest BCUT2D eigenvalue weighted by Crippen LogP contribution is -2.33. The first kappa shape index (κ1) is 16.3. The van der Waals surface area contributed by atoms with Crippen LogP contribution in [-0.4, -0.2) is 40.1 Å². The van der Waals surface area contributed by atoms with Crippen LogP contribution < -0.4 is 10.1 Å². The normalized spacial score (nSPS) is 20.2. The summed E-state index contributed by atoms with van der Waals surface area (Å²) in [5.41, 5.74) is 1.23. The van der Waals surface area contributed by atoms with Gasteiger partial charge in [-0.3, -0.25) is 0 Å². The van der Waals surface area contributed by atoms with Crippen LogP contribution in [0, 0.1) is 5.92 Å². The smallest absolute Gasteiger partial charge is 0.124 e. The average molecular weight is 293 g/mol. The lowest BCUT2D eigenvalue weighted by molar-refractivity contribution is 0.0387. The maximum atomic E-state index is 5.89. The Balaban J connectivity index is 2.14. The Morgan fingerprint density at radius 1 is 1.33 bits per heavy atom. The van der Waals surface area contributed by atoms with Crippen molar-refractivity contribution in [2.24, 2.45) is 5.92 Å². The molecule has 1 aliphatic heterocycles. The molecule has 21 heavy (non-hydrogen) atoms. The Kier molecular flexibility index (Phi) is 7.00. The van der Waals surface area contributed by atoms with Crippen molar-refractivity contribution in [3.63, 3.8) is 0 Å². The lowest BCUT2D eigenvalue weighted by Gasteiger charge is -2.32. The fourth-order valence-corrected chi connectivity index (χ4v) is 2.88. The second-order valence-electron chi connectivity index (χ2n) is 5.39. The second-order valence-corrected chi connectivity index (χ2v) is 5.39. The molecule has 0 saturated carbocycles. The van der Waals surface area contributed by atoms with Gasteiger partial charge < -0.3 is 19.5 Å². The monoisotopic (exact) mass is 293 g/mol. The number of hydrogen-bond acceptors (Lipinski definition) is 4. The summed E-state index contributed by atoms with van der Waals surface area (Å²) in [7, 11) is 1.69. The van der Waals surface area contributed by atoms with Gasteiger partial charge in [0.15, 0.2) is 0 Å². The number of para-hydroxylation sites is 1. The number of nitrogens with one attached hydrogen (secondary N) is 1. The van der Waals surface area contributed by atoms with Gasteiger partial charge in [0.05, 0.1) is 13.2 Å². The standard InChI is InChI=1S/C17H27NO3/c1-3-18-17(14-7-6-10-20-13-14)15-8-4-5-9-16(15)21-12-11-19-2/h4-5,8-9,14,17-18H,3,6-7,10-13H2,1-2H3. The van der Waals surface area contributed by atoms with E-state index < -0.39 is 0 Å². The second kappa shape index (κ2) is 9.03. The molecule has 0 spiro atoms. The molecule has 1 N–H and O–H groups in total. The molecule has 0 amide bonds. The van der Waals surface area contributed by atoms with Crippen LogP contribution in [0.3, 0.4) is 0 Å². The molecule has 2 atom stereocenters. The van der Waals surface area contributed by atoms with Gasteiger partial charge in [0.2, 0.25) is 0 Å². The van der Waals surface area contributed by atoms with Crippen LogP contribution in [0.2, 0.25) is 0 Å². The average Bonchev–Trinajstić information content (AvgIpc) is 2.54. The molecule has 0 aromatic heterocycles. The Morgan fingerprint density at radius 2 is 2.19 bits per heavy atom. The zero-order valence-corrected chi connectivity index (χ0v) is 13.1. The quantitative estimate of drug-likeness (QED) is 0.748. The minimum atomic E-state index is 0.286. The minimum Gasteiger partial charge on any atom is -0.491 e. The SMILES string of the molecule is CCNC(c1ccccc1OCCOC)C1CCCOC1. The minimum absolute atomic E-state index is 0.286. The third kappa shape index (κ3) is 4.70. The van der Waals surface area contributed by atoms with E-state index in [0.29, 0.717) is 19.1 Å². The molecule has 4 heteroatoms. The topological polar surface area (TPSA) is 39.7 Å². The van der Waals surface area contributed by atoms with Crippen molar-refractivity contribution in [3.8, 4) is 5.75 Å². The van der Waals surface area contributed by atoms with E-state index in [0.717, 1.165) is 31.9 Å². The summed E-state index contributed by atoms with van der Waals surface area (Å²) in [6, 6.07) is 8.58. The van der Waals surface area contributed by atoms with Gasteiger partial charge in [0.25, 0.3) is 0 Å². The number of rotatable bonds is 8. The molecule has 0 aliphatic carbocycles. The van der Waals surface area contributed by atoms with E-state index >= 15 is 0 Å². The van der Waals surface area contributed by atoms with Crippen molar-refractivity contribution in [3.05, 3.63) is 29.8 Å². The maximum absolute atomic E-state index is 5.89. The molecule has 1 aromatic rings. The van der Waals surface area contributed by atoms with Gasteiger partial charge in [-0.15, -0.1) is 0 Å². The molecule has 2 rings (SSSR count). The van der Waals surface area contributed by atoms with Crippen LogP contribution >= 0.6 is 0 Å². The Bertz CT molecular complexity index is 405. The molecule has 0 bridgehead atoms. The molecule has 1 saturated heterocycles. The third-order valence-corrected chi connectivity index (χ3v) is 3.89. The highest BCUT2D eigenvalue weighted by molar-refractivity contribution is 5.36. The van der Waals surface area contributed by atoms with Gasteiger partial charge >= 0.3 is 0 Å². The summed E-state index contributed by atoms with van der Waals surface area (Å²) in [5, 5.41) is 3.61. The first-order chi connectivity index (χ1) is 10.4. The van der Waals surface area contributed by atoms with E-state index in [1.54, 1.807) is 7.11 Å². The summed E-state index contributed by atoms with van der Waals surface area (Å²) in [4.78, 5) is 0. The van der Waals surface area contributed by atoms with Crippen LogP contribution in [0.1, 0.15) is 31.4 Å². The molecular formula is C17H27NO3. The van der Waals surface area contributed by atoms with E-state index in [4.69, 9.17) is 14.2 Å². The third-order valence-electron chi connectivity index (χ3n) is 3.89. The van der Waals surface area contributed by atoms with Gasteiger partial charge in [0.1, 0.15) is 12.4 Å².